The fourth-order valence-electron chi connectivity index (χ4n) is 1.30. The van der Waals surface area contributed by atoms with Crippen LogP contribution in [0.15, 0.2) is 11.4 Å². The van der Waals surface area contributed by atoms with Crippen molar-refractivity contribution in [2.75, 3.05) is 6.26 Å². The van der Waals surface area contributed by atoms with E-state index in [2.05, 4.69) is 4.98 Å². The number of halogens is 1. The van der Waals surface area contributed by atoms with E-state index >= 15 is 0 Å². The standard InChI is InChI=1S/C8H13ClN2O2S/c1-6(2)11-7(4-9)5-10-8(11)14(3,12)13/h5-6H,4H2,1-3H3. The Balaban J connectivity index is 3.40. The summed E-state index contributed by atoms with van der Waals surface area (Å²) < 4.78 is 24.4. The van der Waals surface area contributed by atoms with E-state index in [-0.39, 0.29) is 17.1 Å². The van der Waals surface area contributed by atoms with Crippen molar-refractivity contribution in [2.45, 2.75) is 30.9 Å². The predicted octanol–water partition coefficient (Wildman–Crippen LogP) is 1.61. The summed E-state index contributed by atoms with van der Waals surface area (Å²) in [6, 6.07) is 0.0379. The van der Waals surface area contributed by atoms with Crippen LogP contribution >= 0.6 is 11.6 Å². The highest BCUT2D eigenvalue weighted by atomic mass is 35.5. The Morgan fingerprint density at radius 1 is 1.57 bits per heavy atom. The van der Waals surface area contributed by atoms with E-state index in [1.807, 2.05) is 13.8 Å². The van der Waals surface area contributed by atoms with Crippen molar-refractivity contribution in [3.63, 3.8) is 0 Å². The van der Waals surface area contributed by atoms with Gasteiger partial charge in [0.25, 0.3) is 0 Å². The molecule has 0 unspecified atom stereocenters. The van der Waals surface area contributed by atoms with Gasteiger partial charge in [-0.15, -0.1) is 11.6 Å². The maximum Gasteiger partial charge on any atom is 0.227 e. The summed E-state index contributed by atoms with van der Waals surface area (Å²) in [5.41, 5.74) is 0.724. The first-order valence-corrected chi connectivity index (χ1v) is 6.62. The summed E-state index contributed by atoms with van der Waals surface area (Å²) >= 11 is 5.68. The largest absolute Gasteiger partial charge is 0.315 e. The lowest BCUT2D eigenvalue weighted by atomic mass is 10.4. The second-order valence-corrected chi connectivity index (χ2v) is 5.58. The van der Waals surface area contributed by atoms with Crippen molar-refractivity contribution in [1.82, 2.24) is 9.55 Å². The Kier molecular flexibility index (Phi) is 3.21. The molecule has 1 heterocycles. The summed E-state index contributed by atoms with van der Waals surface area (Å²) in [6.07, 6.45) is 2.65. The number of nitrogens with zero attached hydrogens (tertiary/aromatic N) is 2. The van der Waals surface area contributed by atoms with Crippen LogP contribution in [0.1, 0.15) is 25.6 Å². The van der Waals surface area contributed by atoms with Crippen LogP contribution < -0.4 is 0 Å². The lowest BCUT2D eigenvalue weighted by Gasteiger charge is -2.13. The minimum atomic E-state index is -3.27. The Hall–Kier alpha value is -0.550. The number of hydrogen-bond donors (Lipinski definition) is 0. The molecule has 0 aliphatic rings. The highest BCUT2D eigenvalue weighted by Crippen LogP contribution is 2.18. The van der Waals surface area contributed by atoms with E-state index < -0.39 is 9.84 Å². The molecular weight excluding hydrogens is 224 g/mol. The molecule has 0 spiro atoms. The minimum absolute atomic E-state index is 0.0379. The number of alkyl halides is 1. The van der Waals surface area contributed by atoms with Crippen LogP contribution in [0.5, 0.6) is 0 Å². The van der Waals surface area contributed by atoms with Gasteiger partial charge in [0.15, 0.2) is 0 Å². The van der Waals surface area contributed by atoms with Gasteiger partial charge < -0.3 is 4.57 Å². The zero-order chi connectivity index (χ0) is 10.9. The molecule has 80 valence electrons. The van der Waals surface area contributed by atoms with E-state index in [4.69, 9.17) is 11.6 Å². The highest BCUT2D eigenvalue weighted by molar-refractivity contribution is 7.90. The van der Waals surface area contributed by atoms with Crippen LogP contribution in [0.3, 0.4) is 0 Å². The second-order valence-electron chi connectivity index (χ2n) is 3.40. The molecule has 0 fully saturated rings. The molecule has 0 N–H and O–H groups in total. The van der Waals surface area contributed by atoms with Crippen LogP contribution in [-0.2, 0) is 15.7 Å². The van der Waals surface area contributed by atoms with Gasteiger partial charge in [0.05, 0.1) is 17.8 Å². The molecule has 0 aliphatic heterocycles. The minimum Gasteiger partial charge on any atom is -0.315 e. The van der Waals surface area contributed by atoms with E-state index in [1.165, 1.54) is 6.20 Å². The number of aromatic nitrogens is 2. The molecule has 6 heteroatoms. The average Bonchev–Trinajstić information content (AvgIpc) is 2.45. The summed E-state index contributed by atoms with van der Waals surface area (Å²) in [7, 11) is -3.27. The molecular formula is C8H13ClN2O2S. The van der Waals surface area contributed by atoms with Gasteiger partial charge in [-0.1, -0.05) is 0 Å². The summed E-state index contributed by atoms with van der Waals surface area (Å²) in [4.78, 5) is 3.87. The van der Waals surface area contributed by atoms with Crippen molar-refractivity contribution in [1.29, 1.82) is 0 Å². The topological polar surface area (TPSA) is 52.0 Å². The van der Waals surface area contributed by atoms with Crippen LogP contribution in [-0.4, -0.2) is 24.2 Å². The summed E-state index contributed by atoms with van der Waals surface area (Å²) in [5, 5.41) is 0.0863. The van der Waals surface area contributed by atoms with Gasteiger partial charge in [-0.05, 0) is 13.8 Å². The third-order valence-corrected chi connectivity index (χ3v) is 3.06. The van der Waals surface area contributed by atoms with Gasteiger partial charge in [-0.3, -0.25) is 0 Å². The molecule has 1 aromatic rings. The summed E-state index contributed by atoms with van der Waals surface area (Å²) in [6.45, 7) is 3.79. The molecule has 0 bridgehead atoms. The lowest BCUT2D eigenvalue weighted by Crippen LogP contribution is -2.13. The first-order valence-electron chi connectivity index (χ1n) is 4.20. The third-order valence-electron chi connectivity index (χ3n) is 1.82. The van der Waals surface area contributed by atoms with Crippen molar-refractivity contribution in [2.24, 2.45) is 0 Å². The highest BCUT2D eigenvalue weighted by Gasteiger charge is 2.19. The molecule has 1 rings (SSSR count). The molecule has 0 atom stereocenters. The van der Waals surface area contributed by atoms with Gasteiger partial charge >= 0.3 is 0 Å². The zero-order valence-electron chi connectivity index (χ0n) is 8.36. The van der Waals surface area contributed by atoms with E-state index in [0.29, 0.717) is 0 Å². The molecule has 0 radical (unpaired) electrons. The van der Waals surface area contributed by atoms with Gasteiger partial charge in [0.2, 0.25) is 15.0 Å². The third kappa shape index (κ3) is 2.09. The monoisotopic (exact) mass is 236 g/mol. The Labute approximate surface area is 88.8 Å². The molecule has 0 saturated heterocycles. The van der Waals surface area contributed by atoms with Gasteiger partial charge in [-0.2, -0.15) is 0 Å². The Morgan fingerprint density at radius 3 is 2.50 bits per heavy atom. The first-order chi connectivity index (χ1) is 6.38. The van der Waals surface area contributed by atoms with Crippen LogP contribution in [0.2, 0.25) is 0 Å². The van der Waals surface area contributed by atoms with Crippen molar-refractivity contribution < 1.29 is 8.42 Å². The fourth-order valence-corrected chi connectivity index (χ4v) is 2.43. The van der Waals surface area contributed by atoms with Crippen molar-refractivity contribution >= 4 is 21.4 Å². The average molecular weight is 237 g/mol. The summed E-state index contributed by atoms with van der Waals surface area (Å²) in [5.74, 6) is 0.265. The molecule has 4 nitrogen and oxygen atoms in total. The molecule has 0 amide bonds. The quantitative estimate of drug-likeness (QED) is 0.750. The first kappa shape index (κ1) is 11.5. The molecule has 0 aromatic carbocycles. The van der Waals surface area contributed by atoms with Crippen LogP contribution in [0.25, 0.3) is 0 Å². The second kappa shape index (κ2) is 3.90. The Bertz CT molecular complexity index is 423. The van der Waals surface area contributed by atoms with Gasteiger partial charge in [0, 0.05) is 12.3 Å². The predicted molar refractivity (Wildman–Crippen MR) is 55.3 cm³/mol. The van der Waals surface area contributed by atoms with Crippen molar-refractivity contribution in [3.05, 3.63) is 11.9 Å². The zero-order valence-corrected chi connectivity index (χ0v) is 9.93. The molecule has 14 heavy (non-hydrogen) atoms. The maximum atomic E-state index is 11.4. The lowest BCUT2D eigenvalue weighted by molar-refractivity contribution is 0.512. The van der Waals surface area contributed by atoms with E-state index in [0.717, 1.165) is 11.9 Å². The SMILES string of the molecule is CC(C)n1c(CCl)cnc1S(C)(=O)=O. The molecule has 0 saturated carbocycles. The van der Waals surface area contributed by atoms with Gasteiger partial charge in [0.1, 0.15) is 0 Å². The molecule has 1 aromatic heterocycles. The fraction of sp³-hybridized carbons (Fsp3) is 0.625. The van der Waals surface area contributed by atoms with Gasteiger partial charge in [-0.25, -0.2) is 13.4 Å². The smallest absolute Gasteiger partial charge is 0.227 e. The van der Waals surface area contributed by atoms with E-state index in [1.54, 1.807) is 4.57 Å². The Morgan fingerprint density at radius 2 is 2.14 bits per heavy atom. The normalized spacial score (nSPS) is 12.4. The number of hydrogen-bond acceptors (Lipinski definition) is 3. The molecule has 0 aliphatic carbocycles. The number of imidazole rings is 1. The van der Waals surface area contributed by atoms with Crippen LogP contribution in [0.4, 0.5) is 0 Å². The maximum absolute atomic E-state index is 11.4. The van der Waals surface area contributed by atoms with Crippen molar-refractivity contribution in [3.8, 4) is 0 Å². The number of sulfone groups is 1. The number of rotatable bonds is 3. The van der Waals surface area contributed by atoms with E-state index in [9.17, 15) is 8.42 Å². The van der Waals surface area contributed by atoms with Crippen LogP contribution in [0, 0.1) is 0 Å².